The van der Waals surface area contributed by atoms with Crippen molar-refractivity contribution in [2.45, 2.75) is 13.3 Å². The van der Waals surface area contributed by atoms with Gasteiger partial charge in [-0.2, -0.15) is 0 Å². The molecule has 0 N–H and O–H groups in total. The Kier molecular flexibility index (Phi) is 20.9. The molecule has 0 amide bonds. The standard InChI is InChI=1S/C17H34O8/c1-3-17(18)16-25-15-14-24-13-12-23-11-10-22-9-8-21-7-6-20-5-4-19-2/h3-16H2,1-2H3. The molecule has 0 spiro atoms. The fourth-order valence-electron chi connectivity index (χ4n) is 1.53. The second kappa shape index (κ2) is 21.4. The first kappa shape index (κ1) is 24.4. The van der Waals surface area contributed by atoms with Crippen LogP contribution < -0.4 is 0 Å². The number of hydrogen-bond acceptors (Lipinski definition) is 8. The zero-order chi connectivity index (χ0) is 18.4. The van der Waals surface area contributed by atoms with Gasteiger partial charge in [0.2, 0.25) is 0 Å². The molecule has 0 saturated heterocycles. The van der Waals surface area contributed by atoms with Gasteiger partial charge < -0.3 is 33.2 Å². The molecule has 0 heterocycles. The van der Waals surface area contributed by atoms with Crippen LogP contribution in [0.2, 0.25) is 0 Å². The van der Waals surface area contributed by atoms with Crippen LogP contribution in [0.15, 0.2) is 0 Å². The summed E-state index contributed by atoms with van der Waals surface area (Å²) in [5.74, 6) is 0.101. The van der Waals surface area contributed by atoms with Crippen molar-refractivity contribution < 1.29 is 38.0 Å². The number of carbonyl (C=O) groups excluding carboxylic acids is 1. The van der Waals surface area contributed by atoms with Gasteiger partial charge in [-0.15, -0.1) is 0 Å². The predicted octanol–water partition coefficient (Wildman–Crippen LogP) is 0.712. The number of ether oxygens (including phenoxy) is 7. The van der Waals surface area contributed by atoms with Crippen molar-refractivity contribution in [3.63, 3.8) is 0 Å². The summed E-state index contributed by atoms with van der Waals surface area (Å²) in [6, 6.07) is 0. The van der Waals surface area contributed by atoms with E-state index >= 15 is 0 Å². The van der Waals surface area contributed by atoms with E-state index in [4.69, 9.17) is 33.2 Å². The van der Waals surface area contributed by atoms with Crippen molar-refractivity contribution in [1.82, 2.24) is 0 Å². The molecule has 0 atom stereocenters. The quantitative estimate of drug-likeness (QED) is 0.275. The van der Waals surface area contributed by atoms with Crippen LogP contribution in [-0.4, -0.2) is 98.8 Å². The number of methoxy groups -OCH3 is 1. The Balaban J connectivity index is 2.99. The molecule has 0 aliphatic heterocycles. The minimum Gasteiger partial charge on any atom is -0.382 e. The SMILES string of the molecule is CCC(=O)COCCOCCOCCOCCOCCOCCOC. The molecule has 0 aliphatic carbocycles. The van der Waals surface area contributed by atoms with Crippen molar-refractivity contribution in [1.29, 1.82) is 0 Å². The van der Waals surface area contributed by atoms with Crippen molar-refractivity contribution in [3.05, 3.63) is 0 Å². The number of carbonyl (C=O) groups is 1. The van der Waals surface area contributed by atoms with E-state index in [1.54, 1.807) is 7.11 Å². The molecule has 0 aliphatic rings. The molecule has 0 radical (unpaired) electrons. The lowest BCUT2D eigenvalue weighted by Crippen LogP contribution is -2.15. The van der Waals surface area contributed by atoms with Gasteiger partial charge in [0.1, 0.15) is 6.61 Å². The molecule has 0 bridgehead atoms. The highest BCUT2D eigenvalue weighted by Gasteiger charge is 1.97. The van der Waals surface area contributed by atoms with Crippen molar-refractivity contribution >= 4 is 5.78 Å². The van der Waals surface area contributed by atoms with Gasteiger partial charge in [0.25, 0.3) is 0 Å². The first-order valence-electron chi connectivity index (χ1n) is 8.78. The van der Waals surface area contributed by atoms with Crippen LogP contribution in [0.4, 0.5) is 0 Å². The zero-order valence-corrected chi connectivity index (χ0v) is 15.7. The molecule has 25 heavy (non-hydrogen) atoms. The molecule has 0 fully saturated rings. The van der Waals surface area contributed by atoms with Crippen molar-refractivity contribution in [2.75, 3.05) is 93.0 Å². The van der Waals surface area contributed by atoms with Gasteiger partial charge in [0.05, 0.1) is 79.3 Å². The molecule has 0 saturated carbocycles. The summed E-state index contributed by atoms with van der Waals surface area (Å²) in [4.78, 5) is 11.0. The summed E-state index contributed by atoms with van der Waals surface area (Å²) in [6.07, 6.45) is 0.506. The van der Waals surface area contributed by atoms with Gasteiger partial charge in [0.15, 0.2) is 5.78 Å². The van der Waals surface area contributed by atoms with Crippen LogP contribution in [0.3, 0.4) is 0 Å². The first-order chi connectivity index (χ1) is 12.3. The molecule has 8 nitrogen and oxygen atoms in total. The minimum absolute atomic E-state index is 0.101. The monoisotopic (exact) mass is 366 g/mol. The lowest BCUT2D eigenvalue weighted by Gasteiger charge is -2.08. The van der Waals surface area contributed by atoms with E-state index in [0.29, 0.717) is 85.7 Å². The number of Topliss-reactive ketones (excluding diaryl/α,β-unsaturated/α-hetero) is 1. The van der Waals surface area contributed by atoms with Gasteiger partial charge in [-0.3, -0.25) is 4.79 Å². The summed E-state index contributed by atoms with van der Waals surface area (Å²) in [5, 5.41) is 0. The van der Waals surface area contributed by atoms with Crippen LogP contribution in [0, 0.1) is 0 Å². The van der Waals surface area contributed by atoms with Gasteiger partial charge >= 0.3 is 0 Å². The molecular formula is C17H34O8. The topological polar surface area (TPSA) is 81.7 Å². The summed E-state index contributed by atoms with van der Waals surface area (Å²) in [5.41, 5.74) is 0. The normalized spacial score (nSPS) is 11.1. The molecule has 0 aromatic rings. The maximum atomic E-state index is 11.0. The third-order valence-corrected chi connectivity index (χ3v) is 2.95. The lowest BCUT2D eigenvalue weighted by atomic mass is 10.3. The smallest absolute Gasteiger partial charge is 0.158 e. The maximum absolute atomic E-state index is 11.0. The van der Waals surface area contributed by atoms with Crippen LogP contribution in [0.1, 0.15) is 13.3 Å². The third kappa shape index (κ3) is 21.3. The van der Waals surface area contributed by atoms with E-state index in [9.17, 15) is 4.79 Å². The molecule has 0 aromatic carbocycles. The highest BCUT2D eigenvalue weighted by atomic mass is 16.6. The van der Waals surface area contributed by atoms with Gasteiger partial charge in [0, 0.05) is 13.5 Å². The molecular weight excluding hydrogens is 332 g/mol. The number of ketones is 1. The summed E-state index contributed by atoms with van der Waals surface area (Å²) in [7, 11) is 1.64. The summed E-state index contributed by atoms with van der Waals surface area (Å²) >= 11 is 0. The molecule has 0 aromatic heterocycles. The minimum atomic E-state index is 0.101. The van der Waals surface area contributed by atoms with E-state index in [-0.39, 0.29) is 12.4 Å². The Morgan fingerprint density at radius 3 is 1.20 bits per heavy atom. The van der Waals surface area contributed by atoms with Gasteiger partial charge in [-0.1, -0.05) is 6.92 Å². The van der Waals surface area contributed by atoms with E-state index < -0.39 is 0 Å². The fraction of sp³-hybridized carbons (Fsp3) is 0.941. The van der Waals surface area contributed by atoms with Crippen LogP contribution in [0.25, 0.3) is 0 Å². The molecule has 8 heteroatoms. The second-order valence-corrected chi connectivity index (χ2v) is 5.00. The number of rotatable bonds is 21. The fourth-order valence-corrected chi connectivity index (χ4v) is 1.53. The highest BCUT2D eigenvalue weighted by Crippen LogP contribution is 1.86. The van der Waals surface area contributed by atoms with E-state index in [0.717, 1.165) is 0 Å². The van der Waals surface area contributed by atoms with Gasteiger partial charge in [-0.25, -0.2) is 0 Å². The lowest BCUT2D eigenvalue weighted by molar-refractivity contribution is -0.123. The molecule has 150 valence electrons. The Hall–Kier alpha value is -0.610. The maximum Gasteiger partial charge on any atom is 0.158 e. The van der Waals surface area contributed by atoms with Crippen LogP contribution >= 0.6 is 0 Å². The van der Waals surface area contributed by atoms with Crippen LogP contribution in [-0.2, 0) is 38.0 Å². The van der Waals surface area contributed by atoms with E-state index in [1.807, 2.05) is 6.92 Å². The molecule has 0 unspecified atom stereocenters. The third-order valence-electron chi connectivity index (χ3n) is 2.95. The van der Waals surface area contributed by atoms with Crippen molar-refractivity contribution in [2.24, 2.45) is 0 Å². The molecule has 0 rings (SSSR count). The van der Waals surface area contributed by atoms with E-state index in [1.165, 1.54) is 0 Å². The highest BCUT2D eigenvalue weighted by molar-refractivity contribution is 5.79. The second-order valence-electron chi connectivity index (χ2n) is 5.00. The summed E-state index contributed by atoms with van der Waals surface area (Å²) in [6.45, 7) is 8.28. The average Bonchev–Trinajstić information content (AvgIpc) is 2.63. The Morgan fingerprint density at radius 1 is 0.560 bits per heavy atom. The van der Waals surface area contributed by atoms with Crippen LogP contribution in [0.5, 0.6) is 0 Å². The number of hydrogen-bond donors (Lipinski definition) is 0. The summed E-state index contributed by atoms with van der Waals surface area (Å²) < 4.78 is 36.7. The average molecular weight is 366 g/mol. The Morgan fingerprint density at radius 2 is 0.880 bits per heavy atom. The Bertz CT molecular complexity index is 275. The predicted molar refractivity (Wildman–Crippen MR) is 92.1 cm³/mol. The largest absolute Gasteiger partial charge is 0.382 e. The Labute approximate surface area is 151 Å². The van der Waals surface area contributed by atoms with E-state index in [2.05, 4.69) is 0 Å². The first-order valence-corrected chi connectivity index (χ1v) is 8.78. The van der Waals surface area contributed by atoms with Gasteiger partial charge in [-0.05, 0) is 0 Å². The van der Waals surface area contributed by atoms with Crippen molar-refractivity contribution in [3.8, 4) is 0 Å². The zero-order valence-electron chi connectivity index (χ0n) is 15.7.